The largest absolute Gasteiger partial charge is 0.269 e. The summed E-state index contributed by atoms with van der Waals surface area (Å²) in [6, 6.07) is 6.18. The summed E-state index contributed by atoms with van der Waals surface area (Å²) in [4.78, 5) is 0. The van der Waals surface area contributed by atoms with E-state index in [4.69, 9.17) is 11.6 Å². The highest BCUT2D eigenvalue weighted by molar-refractivity contribution is 6.28. The minimum Gasteiger partial charge on any atom is -0.269 e. The van der Waals surface area contributed by atoms with E-state index in [0.29, 0.717) is 5.28 Å². The maximum absolute atomic E-state index is 6.13. The van der Waals surface area contributed by atoms with Gasteiger partial charge in [-0.2, -0.15) is 0 Å². The van der Waals surface area contributed by atoms with Gasteiger partial charge >= 0.3 is 0 Å². The third kappa shape index (κ3) is 2.20. The second-order valence-electron chi connectivity index (χ2n) is 4.19. The summed E-state index contributed by atoms with van der Waals surface area (Å²) in [7, 11) is 0. The fraction of sp³-hybridized carbons (Fsp3) is 0.385. The predicted molar refractivity (Wildman–Crippen MR) is 69.8 cm³/mol. The second-order valence-corrected chi connectivity index (χ2v) is 4.53. The van der Waals surface area contributed by atoms with Gasteiger partial charge in [0.05, 0.1) is 5.69 Å². The normalized spacial score (nSPS) is 10.8. The molecule has 1 aromatic carbocycles. The van der Waals surface area contributed by atoms with Crippen LogP contribution in [0.3, 0.4) is 0 Å². The lowest BCUT2D eigenvalue weighted by atomic mass is 10.1. The standard InChI is InChI=1S/C13H16ClN3/c1-4-6-12-15-16-13(14)17(12)11-8-5-7-9(2)10(11)3/h5,7-8H,4,6H2,1-3H3. The summed E-state index contributed by atoms with van der Waals surface area (Å²) in [5.74, 6) is 0.922. The van der Waals surface area contributed by atoms with Gasteiger partial charge in [-0.15, -0.1) is 10.2 Å². The van der Waals surface area contributed by atoms with Crippen molar-refractivity contribution in [3.8, 4) is 5.69 Å². The highest BCUT2D eigenvalue weighted by atomic mass is 35.5. The molecule has 0 atom stereocenters. The molecule has 0 aliphatic carbocycles. The Balaban J connectivity index is 2.59. The van der Waals surface area contributed by atoms with Gasteiger partial charge in [-0.05, 0) is 49.1 Å². The summed E-state index contributed by atoms with van der Waals surface area (Å²) < 4.78 is 1.94. The fourth-order valence-electron chi connectivity index (χ4n) is 1.90. The zero-order chi connectivity index (χ0) is 12.4. The molecule has 2 rings (SSSR count). The molecule has 0 saturated heterocycles. The predicted octanol–water partition coefficient (Wildman–Crippen LogP) is 3.49. The smallest absolute Gasteiger partial charge is 0.229 e. The maximum atomic E-state index is 6.13. The molecule has 1 heterocycles. The van der Waals surface area contributed by atoms with Crippen LogP contribution in [0.2, 0.25) is 5.28 Å². The van der Waals surface area contributed by atoms with Gasteiger partial charge in [-0.1, -0.05) is 19.1 Å². The molecule has 0 bridgehead atoms. The van der Waals surface area contributed by atoms with Crippen molar-refractivity contribution in [1.29, 1.82) is 0 Å². The number of hydrogen-bond donors (Lipinski definition) is 0. The van der Waals surface area contributed by atoms with E-state index in [-0.39, 0.29) is 0 Å². The molecule has 0 unspecified atom stereocenters. The van der Waals surface area contributed by atoms with Crippen molar-refractivity contribution >= 4 is 11.6 Å². The van der Waals surface area contributed by atoms with Crippen LogP contribution in [0.5, 0.6) is 0 Å². The van der Waals surface area contributed by atoms with Crippen molar-refractivity contribution in [2.75, 3.05) is 0 Å². The van der Waals surface area contributed by atoms with Crippen molar-refractivity contribution in [3.05, 3.63) is 40.4 Å². The first-order valence-corrected chi connectivity index (χ1v) is 6.19. The Hall–Kier alpha value is -1.35. The zero-order valence-electron chi connectivity index (χ0n) is 10.4. The van der Waals surface area contributed by atoms with E-state index in [0.717, 1.165) is 24.4 Å². The number of halogens is 1. The van der Waals surface area contributed by atoms with E-state index >= 15 is 0 Å². The van der Waals surface area contributed by atoms with Crippen molar-refractivity contribution in [1.82, 2.24) is 14.8 Å². The molecule has 0 saturated carbocycles. The molecule has 0 N–H and O–H groups in total. The zero-order valence-corrected chi connectivity index (χ0v) is 11.1. The highest BCUT2D eigenvalue weighted by Crippen LogP contribution is 2.23. The fourth-order valence-corrected chi connectivity index (χ4v) is 2.12. The van der Waals surface area contributed by atoms with Crippen molar-refractivity contribution in [3.63, 3.8) is 0 Å². The minimum atomic E-state index is 0.433. The third-order valence-electron chi connectivity index (χ3n) is 2.98. The molecule has 0 aliphatic rings. The van der Waals surface area contributed by atoms with E-state index in [9.17, 15) is 0 Å². The van der Waals surface area contributed by atoms with Gasteiger partial charge in [0, 0.05) is 6.42 Å². The average Bonchev–Trinajstić information content (AvgIpc) is 2.65. The van der Waals surface area contributed by atoms with E-state index in [1.165, 1.54) is 11.1 Å². The van der Waals surface area contributed by atoms with Gasteiger partial charge in [0.25, 0.3) is 0 Å². The summed E-state index contributed by atoms with van der Waals surface area (Å²) in [6.07, 6.45) is 1.91. The van der Waals surface area contributed by atoms with E-state index in [1.54, 1.807) is 0 Å². The van der Waals surface area contributed by atoms with Crippen LogP contribution in [-0.4, -0.2) is 14.8 Å². The number of aromatic nitrogens is 3. The molecular weight excluding hydrogens is 234 g/mol. The molecule has 3 nitrogen and oxygen atoms in total. The molecule has 0 aliphatic heterocycles. The lowest BCUT2D eigenvalue weighted by Gasteiger charge is -2.12. The Morgan fingerprint density at radius 3 is 2.71 bits per heavy atom. The van der Waals surface area contributed by atoms with Gasteiger partial charge in [0.2, 0.25) is 5.28 Å². The van der Waals surface area contributed by atoms with Crippen LogP contribution >= 0.6 is 11.6 Å². The maximum Gasteiger partial charge on any atom is 0.229 e. The number of aryl methyl sites for hydroxylation is 2. The molecular formula is C13H16ClN3. The Morgan fingerprint density at radius 2 is 2.00 bits per heavy atom. The van der Waals surface area contributed by atoms with Gasteiger partial charge < -0.3 is 0 Å². The number of hydrogen-bond acceptors (Lipinski definition) is 2. The Kier molecular flexibility index (Phi) is 3.48. The molecule has 2 aromatic rings. The second kappa shape index (κ2) is 4.88. The van der Waals surface area contributed by atoms with Crippen molar-refractivity contribution < 1.29 is 0 Å². The monoisotopic (exact) mass is 249 g/mol. The summed E-state index contributed by atoms with van der Waals surface area (Å²) in [5, 5.41) is 8.53. The molecule has 0 spiro atoms. The Bertz CT molecular complexity index is 531. The molecule has 1 aromatic heterocycles. The van der Waals surface area contributed by atoms with Crippen molar-refractivity contribution in [2.24, 2.45) is 0 Å². The molecule has 17 heavy (non-hydrogen) atoms. The van der Waals surface area contributed by atoms with Crippen LogP contribution in [0.1, 0.15) is 30.3 Å². The van der Waals surface area contributed by atoms with Crippen molar-refractivity contribution in [2.45, 2.75) is 33.6 Å². The first-order chi connectivity index (χ1) is 8.15. The lowest BCUT2D eigenvalue weighted by molar-refractivity contribution is 0.800. The average molecular weight is 250 g/mol. The van der Waals surface area contributed by atoms with E-state index in [2.05, 4.69) is 43.1 Å². The summed E-state index contributed by atoms with van der Waals surface area (Å²) in [5.41, 5.74) is 3.53. The first-order valence-electron chi connectivity index (χ1n) is 5.81. The van der Waals surface area contributed by atoms with E-state index < -0.39 is 0 Å². The summed E-state index contributed by atoms with van der Waals surface area (Å²) >= 11 is 6.13. The Labute approximate surface area is 106 Å². The first kappa shape index (κ1) is 12.1. The number of benzene rings is 1. The molecule has 90 valence electrons. The third-order valence-corrected chi connectivity index (χ3v) is 3.23. The Morgan fingerprint density at radius 1 is 1.24 bits per heavy atom. The minimum absolute atomic E-state index is 0.433. The highest BCUT2D eigenvalue weighted by Gasteiger charge is 2.13. The van der Waals surface area contributed by atoms with Gasteiger partial charge in [0.15, 0.2) is 0 Å². The van der Waals surface area contributed by atoms with Crippen LogP contribution in [0.4, 0.5) is 0 Å². The van der Waals surface area contributed by atoms with E-state index in [1.807, 2.05) is 10.6 Å². The molecule has 0 amide bonds. The topological polar surface area (TPSA) is 30.7 Å². The van der Waals surface area contributed by atoms with Crippen LogP contribution in [0.25, 0.3) is 5.69 Å². The quantitative estimate of drug-likeness (QED) is 0.834. The SMILES string of the molecule is CCCc1nnc(Cl)n1-c1cccc(C)c1C. The molecule has 0 radical (unpaired) electrons. The number of rotatable bonds is 3. The molecule has 0 fully saturated rings. The van der Waals surface area contributed by atoms with Gasteiger partial charge in [-0.3, -0.25) is 4.57 Å². The number of nitrogens with zero attached hydrogens (tertiary/aromatic N) is 3. The van der Waals surface area contributed by atoms with Crippen LogP contribution < -0.4 is 0 Å². The summed E-state index contributed by atoms with van der Waals surface area (Å²) in [6.45, 7) is 6.31. The van der Waals surface area contributed by atoms with Crippen LogP contribution in [-0.2, 0) is 6.42 Å². The van der Waals surface area contributed by atoms with Gasteiger partial charge in [0.1, 0.15) is 5.82 Å². The lowest BCUT2D eigenvalue weighted by Crippen LogP contribution is -2.04. The van der Waals surface area contributed by atoms with Gasteiger partial charge in [-0.25, -0.2) is 0 Å². The molecule has 4 heteroatoms. The van der Waals surface area contributed by atoms with Crippen LogP contribution in [0, 0.1) is 13.8 Å². The van der Waals surface area contributed by atoms with Crippen LogP contribution in [0.15, 0.2) is 18.2 Å².